The van der Waals surface area contributed by atoms with Gasteiger partial charge in [0.1, 0.15) is 5.75 Å². The molecule has 1 rings (SSSR count). The zero-order valence-electron chi connectivity index (χ0n) is 8.67. The minimum atomic E-state index is -4.21. The molecule has 0 amide bonds. The minimum absolute atomic E-state index is 0. The highest BCUT2D eigenvalue weighted by Gasteiger charge is 2.27. The predicted molar refractivity (Wildman–Crippen MR) is 62.6 cm³/mol. The van der Waals surface area contributed by atoms with Crippen LogP contribution >= 0.6 is 24.0 Å². The first kappa shape index (κ1) is 16.4. The van der Waals surface area contributed by atoms with Crippen LogP contribution in [0.3, 0.4) is 0 Å². The zero-order chi connectivity index (χ0) is 12.3. The highest BCUT2D eigenvalue weighted by molar-refractivity contribution is 6.32. The van der Waals surface area contributed by atoms with Crippen LogP contribution in [-0.2, 0) is 0 Å². The second-order valence-electron chi connectivity index (χ2n) is 3.47. The van der Waals surface area contributed by atoms with Gasteiger partial charge in [0.15, 0.2) is 0 Å². The van der Waals surface area contributed by atoms with E-state index in [-0.39, 0.29) is 29.6 Å². The molecule has 0 aromatic heterocycles. The Balaban J connectivity index is 0.00000256. The fraction of sp³-hybridized carbons (Fsp3) is 0.400. The van der Waals surface area contributed by atoms with Crippen LogP contribution in [0.1, 0.15) is 24.4 Å². The van der Waals surface area contributed by atoms with Gasteiger partial charge in [0, 0.05) is 12.5 Å². The summed E-state index contributed by atoms with van der Waals surface area (Å²) in [6.45, 7) is 0. The van der Waals surface area contributed by atoms with E-state index < -0.39 is 18.6 Å². The molecule has 7 heteroatoms. The van der Waals surface area contributed by atoms with Crippen molar-refractivity contribution in [1.82, 2.24) is 0 Å². The van der Waals surface area contributed by atoms with Crippen LogP contribution in [0.25, 0.3) is 0 Å². The van der Waals surface area contributed by atoms with Gasteiger partial charge in [0.05, 0.1) is 5.02 Å². The molecule has 0 fully saturated rings. The van der Waals surface area contributed by atoms with Crippen molar-refractivity contribution in [3.8, 4) is 5.75 Å². The van der Waals surface area contributed by atoms with E-state index in [1.165, 1.54) is 18.2 Å². The Morgan fingerprint density at radius 3 is 2.41 bits per heavy atom. The van der Waals surface area contributed by atoms with Gasteiger partial charge >= 0.3 is 6.18 Å². The molecule has 0 bridgehead atoms. The van der Waals surface area contributed by atoms with Crippen molar-refractivity contribution in [2.75, 3.05) is 0 Å². The smallest absolute Gasteiger partial charge is 0.389 e. The molecule has 1 aromatic rings. The molecule has 0 spiro atoms. The lowest BCUT2D eigenvalue weighted by molar-refractivity contribution is -0.136. The SMILES string of the molecule is Cl.N[C@H](CCC(F)(F)F)c1ccc(O)c(Cl)c1. The average Bonchev–Trinajstić information content (AvgIpc) is 2.17. The second-order valence-corrected chi connectivity index (χ2v) is 3.88. The summed E-state index contributed by atoms with van der Waals surface area (Å²) in [5.41, 5.74) is 6.06. The molecule has 17 heavy (non-hydrogen) atoms. The molecule has 0 heterocycles. The summed E-state index contributed by atoms with van der Waals surface area (Å²) >= 11 is 5.62. The fourth-order valence-electron chi connectivity index (χ4n) is 1.24. The Bertz CT molecular complexity index is 371. The number of benzene rings is 1. The van der Waals surface area contributed by atoms with E-state index in [1.807, 2.05) is 0 Å². The molecule has 0 aliphatic heterocycles. The van der Waals surface area contributed by atoms with E-state index in [0.717, 1.165) is 0 Å². The first-order valence-electron chi connectivity index (χ1n) is 4.60. The highest BCUT2D eigenvalue weighted by Crippen LogP contribution is 2.30. The molecule has 1 atom stereocenters. The summed E-state index contributed by atoms with van der Waals surface area (Å²) in [4.78, 5) is 0. The Hall–Kier alpha value is -0.650. The molecule has 1 aromatic carbocycles. The van der Waals surface area contributed by atoms with E-state index in [9.17, 15) is 13.2 Å². The third-order valence-corrected chi connectivity index (χ3v) is 2.44. The molecule has 0 saturated carbocycles. The molecule has 0 unspecified atom stereocenters. The van der Waals surface area contributed by atoms with Gasteiger partial charge in [0.2, 0.25) is 0 Å². The quantitative estimate of drug-likeness (QED) is 0.889. The van der Waals surface area contributed by atoms with Gasteiger partial charge in [-0.25, -0.2) is 0 Å². The lowest BCUT2D eigenvalue weighted by atomic mass is 10.0. The Labute approximate surface area is 108 Å². The number of hydrogen-bond acceptors (Lipinski definition) is 2. The predicted octanol–water partition coefficient (Wildman–Crippen LogP) is 3.81. The maximum atomic E-state index is 12.0. The first-order valence-corrected chi connectivity index (χ1v) is 4.98. The maximum absolute atomic E-state index is 12.0. The van der Waals surface area contributed by atoms with Crippen molar-refractivity contribution in [2.45, 2.75) is 25.1 Å². The average molecular weight is 290 g/mol. The van der Waals surface area contributed by atoms with E-state index in [1.54, 1.807) is 0 Å². The van der Waals surface area contributed by atoms with E-state index in [4.69, 9.17) is 22.4 Å². The number of alkyl halides is 3. The summed E-state index contributed by atoms with van der Waals surface area (Å²) in [5.74, 6) is -0.117. The molecule has 3 N–H and O–H groups in total. The Morgan fingerprint density at radius 2 is 1.94 bits per heavy atom. The molecule has 0 radical (unpaired) electrons. The fourth-order valence-corrected chi connectivity index (χ4v) is 1.43. The number of aromatic hydroxyl groups is 1. The molecule has 0 saturated heterocycles. The normalized spacial score (nSPS) is 13.0. The Morgan fingerprint density at radius 1 is 1.35 bits per heavy atom. The first-order chi connectivity index (χ1) is 7.29. The van der Waals surface area contributed by atoms with Crippen molar-refractivity contribution in [3.63, 3.8) is 0 Å². The Kier molecular flexibility index (Phi) is 6.09. The van der Waals surface area contributed by atoms with Crippen LogP contribution in [0.4, 0.5) is 13.2 Å². The molecular weight excluding hydrogens is 278 g/mol. The third kappa shape index (κ3) is 5.48. The molecule has 98 valence electrons. The molecular formula is C10H12Cl2F3NO. The largest absolute Gasteiger partial charge is 0.506 e. The minimum Gasteiger partial charge on any atom is -0.506 e. The van der Waals surface area contributed by atoms with Crippen LogP contribution in [-0.4, -0.2) is 11.3 Å². The van der Waals surface area contributed by atoms with Crippen LogP contribution in [0.15, 0.2) is 18.2 Å². The van der Waals surface area contributed by atoms with E-state index in [0.29, 0.717) is 5.56 Å². The number of nitrogens with two attached hydrogens (primary N) is 1. The monoisotopic (exact) mass is 289 g/mol. The molecule has 2 nitrogen and oxygen atoms in total. The topological polar surface area (TPSA) is 46.2 Å². The third-order valence-electron chi connectivity index (χ3n) is 2.14. The zero-order valence-corrected chi connectivity index (χ0v) is 10.2. The summed E-state index contributed by atoms with van der Waals surface area (Å²) < 4.78 is 35.9. The van der Waals surface area contributed by atoms with Gasteiger partial charge in [-0.15, -0.1) is 12.4 Å². The number of rotatable bonds is 3. The van der Waals surface area contributed by atoms with Crippen molar-refractivity contribution in [3.05, 3.63) is 28.8 Å². The van der Waals surface area contributed by atoms with Gasteiger partial charge in [-0.3, -0.25) is 0 Å². The van der Waals surface area contributed by atoms with E-state index in [2.05, 4.69) is 0 Å². The van der Waals surface area contributed by atoms with Crippen molar-refractivity contribution in [2.24, 2.45) is 5.73 Å². The van der Waals surface area contributed by atoms with Gasteiger partial charge in [-0.05, 0) is 24.1 Å². The van der Waals surface area contributed by atoms with Crippen molar-refractivity contribution >= 4 is 24.0 Å². The summed E-state index contributed by atoms with van der Waals surface area (Å²) in [7, 11) is 0. The number of phenolic OH excluding ortho intramolecular Hbond substituents is 1. The highest BCUT2D eigenvalue weighted by atomic mass is 35.5. The van der Waals surface area contributed by atoms with Gasteiger partial charge in [-0.1, -0.05) is 17.7 Å². The van der Waals surface area contributed by atoms with Crippen LogP contribution in [0.5, 0.6) is 5.75 Å². The van der Waals surface area contributed by atoms with Gasteiger partial charge in [-0.2, -0.15) is 13.2 Å². The number of hydrogen-bond donors (Lipinski definition) is 2. The second kappa shape index (κ2) is 6.33. The van der Waals surface area contributed by atoms with Crippen LogP contribution in [0, 0.1) is 0 Å². The van der Waals surface area contributed by atoms with Gasteiger partial charge < -0.3 is 10.8 Å². The standard InChI is InChI=1S/C10H11ClF3NO.ClH/c11-7-5-6(1-2-9(7)16)8(15)3-4-10(12,13)14;/h1-2,5,8,16H,3-4,15H2;1H/t8-;/m1./s1. The van der Waals surface area contributed by atoms with Crippen LogP contribution in [0.2, 0.25) is 5.02 Å². The lowest BCUT2D eigenvalue weighted by Crippen LogP contribution is -2.15. The molecule has 0 aliphatic rings. The van der Waals surface area contributed by atoms with E-state index >= 15 is 0 Å². The lowest BCUT2D eigenvalue weighted by Gasteiger charge is -2.14. The maximum Gasteiger partial charge on any atom is 0.389 e. The van der Waals surface area contributed by atoms with Crippen molar-refractivity contribution in [1.29, 1.82) is 0 Å². The van der Waals surface area contributed by atoms with Crippen molar-refractivity contribution < 1.29 is 18.3 Å². The molecule has 0 aliphatic carbocycles. The summed E-state index contributed by atoms with van der Waals surface area (Å²) in [6, 6.07) is 3.41. The van der Waals surface area contributed by atoms with Crippen LogP contribution < -0.4 is 5.73 Å². The van der Waals surface area contributed by atoms with Gasteiger partial charge in [0.25, 0.3) is 0 Å². The number of phenols is 1. The summed E-state index contributed by atoms with van der Waals surface area (Å²) in [6.07, 6.45) is -5.35. The number of halogens is 5. The summed E-state index contributed by atoms with van der Waals surface area (Å²) in [5, 5.41) is 9.22.